The minimum atomic E-state index is -0.257. The molecule has 1 amide bonds. The van der Waals surface area contributed by atoms with Crippen LogP contribution in [0, 0.1) is 12.3 Å². The first-order chi connectivity index (χ1) is 12.1. The Hall–Kier alpha value is -2.53. The highest BCUT2D eigenvalue weighted by molar-refractivity contribution is 14.0. The van der Waals surface area contributed by atoms with E-state index in [1.54, 1.807) is 24.3 Å². The highest BCUT2D eigenvalue weighted by atomic mass is 127. The Balaban J connectivity index is 0.00000243. The molecule has 4 N–H and O–H groups in total. The average Bonchev–Trinajstić information content (AvgIpc) is 3.08. The molecule has 0 radical (unpaired) electrons. The van der Waals surface area contributed by atoms with Crippen LogP contribution < -0.4 is 16.4 Å². The second-order valence-electron chi connectivity index (χ2n) is 5.94. The summed E-state index contributed by atoms with van der Waals surface area (Å²) in [7, 11) is 0. The number of terminal acetylenes is 1. The summed E-state index contributed by atoms with van der Waals surface area (Å²) in [5.41, 5.74) is 10.9. The fourth-order valence-electron chi connectivity index (χ4n) is 2.88. The van der Waals surface area contributed by atoms with E-state index in [4.69, 9.17) is 12.2 Å². The summed E-state index contributed by atoms with van der Waals surface area (Å²) in [6, 6.07) is 13.3. The Labute approximate surface area is 170 Å². The molecule has 3 rings (SSSR count). The predicted molar refractivity (Wildman–Crippen MR) is 117 cm³/mol. The lowest BCUT2D eigenvalue weighted by atomic mass is 10.1. The number of nitrogens with two attached hydrogens (primary N) is 1. The predicted octanol–water partition coefficient (Wildman–Crippen LogP) is 3.14. The number of rotatable bonds is 4. The Morgan fingerprint density at radius 1 is 1.12 bits per heavy atom. The first kappa shape index (κ1) is 19.8. The maximum atomic E-state index is 12.0. The molecule has 0 heterocycles. The number of anilines is 2. The molecule has 1 aliphatic carbocycles. The summed E-state index contributed by atoms with van der Waals surface area (Å²) >= 11 is 0. The van der Waals surface area contributed by atoms with Crippen LogP contribution in [0.1, 0.15) is 23.1 Å². The third-order valence-corrected chi connectivity index (χ3v) is 4.08. The van der Waals surface area contributed by atoms with Crippen molar-refractivity contribution in [2.24, 2.45) is 10.7 Å². The van der Waals surface area contributed by atoms with E-state index in [-0.39, 0.29) is 42.4 Å². The summed E-state index contributed by atoms with van der Waals surface area (Å²) in [5.74, 6) is 2.48. The van der Waals surface area contributed by atoms with Crippen LogP contribution in [0.15, 0.2) is 47.5 Å². The van der Waals surface area contributed by atoms with Gasteiger partial charge >= 0.3 is 0 Å². The van der Waals surface area contributed by atoms with Gasteiger partial charge in [0.25, 0.3) is 0 Å². The van der Waals surface area contributed by atoms with Crippen molar-refractivity contribution in [3.8, 4) is 12.3 Å². The fourth-order valence-corrected chi connectivity index (χ4v) is 2.88. The molecule has 5 nitrogen and oxygen atoms in total. The third-order valence-electron chi connectivity index (χ3n) is 4.08. The number of amides is 1. The first-order valence-corrected chi connectivity index (χ1v) is 8.19. The molecule has 0 saturated carbocycles. The topological polar surface area (TPSA) is 79.5 Å². The number of aliphatic imine (C=N–C) groups is 1. The lowest BCUT2D eigenvalue weighted by Gasteiger charge is -2.08. The highest BCUT2D eigenvalue weighted by Gasteiger charge is 2.11. The lowest BCUT2D eigenvalue weighted by molar-refractivity contribution is -0.114. The summed E-state index contributed by atoms with van der Waals surface area (Å²) < 4.78 is 0. The standard InChI is InChI=1S/C20H20N4O.HI/c1-2-14-5-3-8-17(11-14)23-19(25)13-22-20(21)24-18-10-9-15-6-4-7-16(15)12-18;/h1,3,5,8-12H,4,6-7,13H2,(H,23,25)(H3,21,22,24);1H. The third kappa shape index (κ3) is 5.23. The van der Waals surface area contributed by atoms with Crippen LogP contribution >= 0.6 is 24.0 Å². The SMILES string of the molecule is C#Cc1cccc(NC(=O)CN=C(N)Nc2ccc3c(c2)CCC3)c1.I. The molecule has 0 unspecified atom stereocenters. The van der Waals surface area contributed by atoms with Gasteiger partial charge in [0.05, 0.1) is 0 Å². The van der Waals surface area contributed by atoms with Gasteiger partial charge in [-0.05, 0) is 60.7 Å². The maximum absolute atomic E-state index is 12.0. The van der Waals surface area contributed by atoms with Crippen molar-refractivity contribution in [2.45, 2.75) is 19.3 Å². The smallest absolute Gasteiger partial charge is 0.246 e. The number of hydrogen-bond donors (Lipinski definition) is 3. The van der Waals surface area contributed by atoms with E-state index in [0.717, 1.165) is 18.5 Å². The van der Waals surface area contributed by atoms with Crippen LogP contribution in [0.5, 0.6) is 0 Å². The van der Waals surface area contributed by atoms with Crippen molar-refractivity contribution in [3.63, 3.8) is 0 Å². The zero-order valence-electron chi connectivity index (χ0n) is 14.3. The zero-order chi connectivity index (χ0) is 17.6. The van der Waals surface area contributed by atoms with Crippen molar-refractivity contribution < 1.29 is 4.79 Å². The molecule has 134 valence electrons. The molecule has 6 heteroatoms. The minimum Gasteiger partial charge on any atom is -0.370 e. The second-order valence-corrected chi connectivity index (χ2v) is 5.94. The minimum absolute atomic E-state index is 0. The zero-order valence-corrected chi connectivity index (χ0v) is 16.6. The fraction of sp³-hybridized carbons (Fsp3) is 0.200. The quantitative estimate of drug-likeness (QED) is 0.284. The number of guanidine groups is 1. The normalized spacial score (nSPS) is 12.5. The van der Waals surface area contributed by atoms with Gasteiger partial charge in [0.2, 0.25) is 5.91 Å². The average molecular weight is 460 g/mol. The maximum Gasteiger partial charge on any atom is 0.246 e. The molecular weight excluding hydrogens is 439 g/mol. The van der Waals surface area contributed by atoms with Gasteiger partial charge in [-0.25, -0.2) is 4.99 Å². The van der Waals surface area contributed by atoms with Crippen molar-refractivity contribution >= 4 is 47.2 Å². The van der Waals surface area contributed by atoms with Gasteiger partial charge in [-0.1, -0.05) is 18.1 Å². The van der Waals surface area contributed by atoms with Crippen LogP contribution in [0.2, 0.25) is 0 Å². The van der Waals surface area contributed by atoms with Crippen molar-refractivity contribution in [3.05, 3.63) is 59.2 Å². The number of carbonyl (C=O) groups excluding carboxylic acids is 1. The largest absolute Gasteiger partial charge is 0.370 e. The Morgan fingerprint density at radius 2 is 1.88 bits per heavy atom. The molecular formula is C20H21IN4O. The van der Waals surface area contributed by atoms with Gasteiger partial charge in [0.15, 0.2) is 5.96 Å². The van der Waals surface area contributed by atoms with Gasteiger partial charge in [-0.2, -0.15) is 0 Å². The number of hydrogen-bond acceptors (Lipinski definition) is 2. The van der Waals surface area contributed by atoms with E-state index in [9.17, 15) is 4.79 Å². The summed E-state index contributed by atoms with van der Waals surface area (Å²) in [6.45, 7) is -0.0654. The number of benzene rings is 2. The molecule has 0 aromatic heterocycles. The molecule has 0 bridgehead atoms. The Bertz CT molecular complexity index is 870. The number of carbonyl (C=O) groups is 1. The van der Waals surface area contributed by atoms with Crippen LogP contribution in [0.3, 0.4) is 0 Å². The van der Waals surface area contributed by atoms with Gasteiger partial charge < -0.3 is 16.4 Å². The molecule has 0 atom stereocenters. The Morgan fingerprint density at radius 3 is 2.69 bits per heavy atom. The first-order valence-electron chi connectivity index (χ1n) is 8.19. The van der Waals surface area contributed by atoms with E-state index < -0.39 is 0 Å². The number of fused-ring (bicyclic) bond motifs is 1. The van der Waals surface area contributed by atoms with Gasteiger partial charge in [-0.15, -0.1) is 30.4 Å². The summed E-state index contributed by atoms with van der Waals surface area (Å²) in [5, 5.41) is 5.78. The van der Waals surface area contributed by atoms with E-state index in [1.165, 1.54) is 17.5 Å². The molecule has 0 fully saturated rings. The van der Waals surface area contributed by atoms with Gasteiger partial charge in [0, 0.05) is 16.9 Å². The molecule has 2 aromatic rings. The molecule has 1 aliphatic rings. The van der Waals surface area contributed by atoms with E-state index in [0.29, 0.717) is 11.3 Å². The van der Waals surface area contributed by atoms with Crippen LogP contribution in [-0.4, -0.2) is 18.4 Å². The molecule has 0 saturated heterocycles. The van der Waals surface area contributed by atoms with E-state index >= 15 is 0 Å². The molecule has 26 heavy (non-hydrogen) atoms. The van der Waals surface area contributed by atoms with Crippen molar-refractivity contribution in [2.75, 3.05) is 17.2 Å². The van der Waals surface area contributed by atoms with E-state index in [2.05, 4.69) is 33.7 Å². The Kier molecular flexibility index (Phi) is 7.04. The summed E-state index contributed by atoms with van der Waals surface area (Å²) in [4.78, 5) is 16.1. The number of halogens is 1. The molecule has 0 aliphatic heterocycles. The number of nitrogens with one attached hydrogen (secondary N) is 2. The van der Waals surface area contributed by atoms with E-state index in [1.807, 2.05) is 6.07 Å². The van der Waals surface area contributed by atoms with Gasteiger partial charge in [0.1, 0.15) is 6.54 Å². The van der Waals surface area contributed by atoms with Crippen molar-refractivity contribution in [1.29, 1.82) is 0 Å². The number of aryl methyl sites for hydroxylation is 2. The van der Waals surface area contributed by atoms with Gasteiger partial charge in [-0.3, -0.25) is 4.79 Å². The monoisotopic (exact) mass is 460 g/mol. The molecule has 0 spiro atoms. The molecule has 2 aromatic carbocycles. The van der Waals surface area contributed by atoms with Crippen LogP contribution in [0.25, 0.3) is 0 Å². The van der Waals surface area contributed by atoms with Crippen LogP contribution in [0.4, 0.5) is 11.4 Å². The second kappa shape index (κ2) is 9.25. The lowest BCUT2D eigenvalue weighted by Crippen LogP contribution is -2.25. The van der Waals surface area contributed by atoms with Crippen molar-refractivity contribution in [1.82, 2.24) is 0 Å². The number of nitrogens with zero attached hydrogens (tertiary/aromatic N) is 1. The van der Waals surface area contributed by atoms with Crippen LogP contribution in [-0.2, 0) is 17.6 Å². The summed E-state index contributed by atoms with van der Waals surface area (Å²) in [6.07, 6.45) is 8.78. The highest BCUT2D eigenvalue weighted by Crippen LogP contribution is 2.24.